The Labute approximate surface area is 128 Å². The Kier molecular flexibility index (Phi) is 3.90. The van der Waals surface area contributed by atoms with Crippen LogP contribution in [0.25, 0.3) is 0 Å². The third kappa shape index (κ3) is 2.72. The second kappa shape index (κ2) is 6.00. The molecule has 1 saturated heterocycles. The van der Waals surface area contributed by atoms with Crippen molar-refractivity contribution in [1.29, 1.82) is 0 Å². The second-order valence-corrected chi connectivity index (χ2v) is 4.99. The highest BCUT2D eigenvalue weighted by atomic mass is 16.5. The van der Waals surface area contributed by atoms with Gasteiger partial charge in [-0.2, -0.15) is 15.1 Å². The number of aromatic nitrogens is 4. The van der Waals surface area contributed by atoms with Crippen LogP contribution >= 0.6 is 0 Å². The lowest BCUT2D eigenvalue weighted by Gasteiger charge is -2.24. The van der Waals surface area contributed by atoms with E-state index < -0.39 is 0 Å². The predicted molar refractivity (Wildman–Crippen MR) is 80.9 cm³/mol. The number of hydrogen-bond donors (Lipinski definition) is 1. The van der Waals surface area contributed by atoms with Crippen LogP contribution in [0.4, 0.5) is 11.8 Å². The van der Waals surface area contributed by atoms with Gasteiger partial charge in [0.25, 0.3) is 0 Å². The van der Waals surface area contributed by atoms with Gasteiger partial charge < -0.3 is 20.1 Å². The maximum Gasteiger partial charge on any atom is 0.232 e. The van der Waals surface area contributed by atoms with E-state index in [0.717, 1.165) is 25.1 Å². The summed E-state index contributed by atoms with van der Waals surface area (Å²) in [5, 5.41) is 8.12. The molecule has 3 heterocycles. The summed E-state index contributed by atoms with van der Waals surface area (Å²) in [4.78, 5) is 10.9. The molecule has 1 unspecified atom stereocenters. The molecule has 1 atom stereocenters. The molecule has 8 heteroatoms. The van der Waals surface area contributed by atoms with Crippen molar-refractivity contribution < 1.29 is 9.47 Å². The number of nitrogen functional groups attached to an aromatic ring is 1. The largest absolute Gasteiger partial charge is 0.481 e. The molecule has 0 saturated carbocycles. The first-order valence-electron chi connectivity index (χ1n) is 7.04. The first-order chi connectivity index (χ1) is 10.7. The summed E-state index contributed by atoms with van der Waals surface area (Å²) < 4.78 is 10.4. The molecule has 1 fully saturated rings. The summed E-state index contributed by atoms with van der Waals surface area (Å²) in [6, 6.07) is 5.37. The van der Waals surface area contributed by atoms with Crippen molar-refractivity contribution in [1.82, 2.24) is 20.2 Å². The molecule has 0 radical (unpaired) electrons. The van der Waals surface area contributed by atoms with Crippen molar-refractivity contribution in [3.63, 3.8) is 0 Å². The van der Waals surface area contributed by atoms with Crippen molar-refractivity contribution in [3.05, 3.63) is 23.9 Å². The molecule has 2 aromatic heterocycles. The van der Waals surface area contributed by atoms with Gasteiger partial charge in [-0.25, -0.2) is 0 Å². The average molecular weight is 302 g/mol. The summed E-state index contributed by atoms with van der Waals surface area (Å²) in [7, 11) is 3.14. The zero-order valence-corrected chi connectivity index (χ0v) is 12.6. The standard InChI is InChI=1S/C14H18N6O2/c1-21-12-8-13(22-2)17-14(16-12)20-7-3-4-10(20)9-5-6-11(15)19-18-9/h5-6,8,10H,3-4,7H2,1-2H3,(H2,15,19). The molecule has 0 bridgehead atoms. The average Bonchev–Trinajstić information content (AvgIpc) is 3.04. The Morgan fingerprint density at radius 1 is 1.14 bits per heavy atom. The number of hydrogen-bond acceptors (Lipinski definition) is 8. The van der Waals surface area contributed by atoms with Crippen LogP contribution in [-0.4, -0.2) is 40.9 Å². The lowest BCUT2D eigenvalue weighted by molar-refractivity contribution is 0.371. The minimum atomic E-state index is 0.0740. The highest BCUT2D eigenvalue weighted by Crippen LogP contribution is 2.34. The normalized spacial score (nSPS) is 17.5. The topological polar surface area (TPSA) is 99.3 Å². The van der Waals surface area contributed by atoms with E-state index in [0.29, 0.717) is 23.5 Å². The molecule has 1 aliphatic rings. The molecule has 0 amide bonds. The third-order valence-corrected chi connectivity index (χ3v) is 3.64. The molecular weight excluding hydrogens is 284 g/mol. The van der Waals surface area contributed by atoms with Gasteiger partial charge in [-0.05, 0) is 25.0 Å². The van der Waals surface area contributed by atoms with Gasteiger partial charge in [0.05, 0.1) is 32.0 Å². The van der Waals surface area contributed by atoms with Crippen molar-refractivity contribution in [2.75, 3.05) is 31.4 Å². The van der Waals surface area contributed by atoms with Crippen LogP contribution in [0.1, 0.15) is 24.6 Å². The zero-order chi connectivity index (χ0) is 15.5. The zero-order valence-electron chi connectivity index (χ0n) is 12.6. The Balaban J connectivity index is 1.94. The van der Waals surface area contributed by atoms with Gasteiger partial charge in [-0.15, -0.1) is 5.10 Å². The SMILES string of the molecule is COc1cc(OC)nc(N2CCCC2c2ccc(N)nn2)n1. The number of methoxy groups -OCH3 is 2. The highest BCUT2D eigenvalue weighted by Gasteiger charge is 2.30. The minimum absolute atomic E-state index is 0.0740. The van der Waals surface area contributed by atoms with Crippen LogP contribution < -0.4 is 20.1 Å². The fourth-order valence-electron chi connectivity index (χ4n) is 2.57. The maximum absolute atomic E-state index is 5.60. The van der Waals surface area contributed by atoms with Gasteiger partial charge in [-0.3, -0.25) is 0 Å². The molecule has 8 nitrogen and oxygen atoms in total. The van der Waals surface area contributed by atoms with Crippen LogP contribution in [0.15, 0.2) is 18.2 Å². The van der Waals surface area contributed by atoms with Crippen molar-refractivity contribution in [2.45, 2.75) is 18.9 Å². The van der Waals surface area contributed by atoms with E-state index in [9.17, 15) is 0 Å². The first kappa shape index (κ1) is 14.3. The number of nitrogens with two attached hydrogens (primary N) is 1. The van der Waals surface area contributed by atoms with E-state index in [4.69, 9.17) is 15.2 Å². The molecule has 2 N–H and O–H groups in total. The van der Waals surface area contributed by atoms with Crippen LogP contribution in [0.3, 0.4) is 0 Å². The molecule has 2 aromatic rings. The van der Waals surface area contributed by atoms with Crippen molar-refractivity contribution >= 4 is 11.8 Å². The van der Waals surface area contributed by atoms with E-state index in [-0.39, 0.29) is 6.04 Å². The van der Waals surface area contributed by atoms with Gasteiger partial charge in [-0.1, -0.05) is 0 Å². The van der Waals surface area contributed by atoms with Gasteiger partial charge in [0.1, 0.15) is 5.82 Å². The molecule has 0 aliphatic carbocycles. The van der Waals surface area contributed by atoms with Crippen LogP contribution in [0.2, 0.25) is 0 Å². The smallest absolute Gasteiger partial charge is 0.232 e. The Morgan fingerprint density at radius 2 is 1.86 bits per heavy atom. The van der Waals surface area contributed by atoms with Crippen molar-refractivity contribution in [3.8, 4) is 11.8 Å². The first-order valence-corrected chi connectivity index (χ1v) is 7.04. The predicted octanol–water partition coefficient (Wildman–Crippen LogP) is 1.21. The minimum Gasteiger partial charge on any atom is -0.481 e. The monoisotopic (exact) mass is 302 g/mol. The molecule has 116 valence electrons. The lowest BCUT2D eigenvalue weighted by Crippen LogP contribution is -2.25. The Hall–Kier alpha value is -2.64. The fourth-order valence-corrected chi connectivity index (χ4v) is 2.57. The fraction of sp³-hybridized carbons (Fsp3) is 0.429. The van der Waals surface area contributed by atoms with Gasteiger partial charge in [0.2, 0.25) is 17.7 Å². The van der Waals surface area contributed by atoms with Crippen LogP contribution in [0.5, 0.6) is 11.8 Å². The summed E-state index contributed by atoms with van der Waals surface area (Å²) in [5.74, 6) is 1.91. The van der Waals surface area contributed by atoms with Crippen LogP contribution in [-0.2, 0) is 0 Å². The maximum atomic E-state index is 5.60. The summed E-state index contributed by atoms with van der Waals surface area (Å²) in [5.41, 5.74) is 6.46. The van der Waals surface area contributed by atoms with Crippen LogP contribution in [0, 0.1) is 0 Å². The molecular formula is C14H18N6O2. The summed E-state index contributed by atoms with van der Waals surface area (Å²) in [6.45, 7) is 0.840. The van der Waals surface area contributed by atoms with E-state index in [2.05, 4.69) is 25.1 Å². The quantitative estimate of drug-likeness (QED) is 0.899. The van der Waals surface area contributed by atoms with Gasteiger partial charge in [0.15, 0.2) is 0 Å². The third-order valence-electron chi connectivity index (χ3n) is 3.64. The second-order valence-electron chi connectivity index (χ2n) is 4.99. The summed E-state index contributed by atoms with van der Waals surface area (Å²) >= 11 is 0. The molecule has 0 spiro atoms. The van der Waals surface area contributed by atoms with Crippen molar-refractivity contribution in [2.24, 2.45) is 0 Å². The molecule has 3 rings (SSSR count). The molecule has 0 aromatic carbocycles. The summed E-state index contributed by atoms with van der Waals surface area (Å²) in [6.07, 6.45) is 1.99. The number of nitrogens with zero attached hydrogens (tertiary/aromatic N) is 5. The number of anilines is 2. The lowest BCUT2D eigenvalue weighted by atomic mass is 10.1. The Morgan fingerprint density at radius 3 is 2.45 bits per heavy atom. The van der Waals surface area contributed by atoms with E-state index in [1.807, 2.05) is 6.07 Å². The van der Waals surface area contributed by atoms with E-state index in [1.165, 1.54) is 0 Å². The molecule has 22 heavy (non-hydrogen) atoms. The number of rotatable bonds is 4. The highest BCUT2D eigenvalue weighted by molar-refractivity contribution is 5.41. The van der Waals surface area contributed by atoms with Gasteiger partial charge >= 0.3 is 0 Å². The van der Waals surface area contributed by atoms with Gasteiger partial charge in [0, 0.05) is 6.54 Å². The van der Waals surface area contributed by atoms with E-state index in [1.54, 1.807) is 26.4 Å². The Bertz CT molecular complexity index is 626. The molecule has 1 aliphatic heterocycles. The van der Waals surface area contributed by atoms with E-state index >= 15 is 0 Å². The number of ether oxygens (including phenoxy) is 2.